The zero-order valence-electron chi connectivity index (χ0n) is 8.32. The average Bonchev–Trinajstić information content (AvgIpc) is 2.68. The summed E-state index contributed by atoms with van der Waals surface area (Å²) in [4.78, 5) is 8.16. The second-order valence-corrected chi connectivity index (χ2v) is 5.56. The third kappa shape index (κ3) is 2.40. The Hall–Kier alpha value is -0.260. The molecule has 2 heterocycles. The maximum atomic E-state index is 4.45. The number of hydrogen-bond acceptors (Lipinski definition) is 5. The molecule has 1 aromatic rings. The number of thioether (sulfide) groups is 1. The van der Waals surface area contributed by atoms with Gasteiger partial charge in [-0.15, -0.1) is 11.3 Å². The summed E-state index contributed by atoms with van der Waals surface area (Å²) < 4.78 is 0. The molecule has 2 rings (SSSR count). The van der Waals surface area contributed by atoms with E-state index in [1.165, 1.54) is 21.5 Å². The molecule has 0 aliphatic carbocycles. The summed E-state index contributed by atoms with van der Waals surface area (Å²) in [5.41, 5.74) is 0. The van der Waals surface area contributed by atoms with E-state index in [4.69, 9.17) is 0 Å². The average molecular weight is 229 g/mol. The lowest BCUT2D eigenvalue weighted by Gasteiger charge is -2.25. The zero-order chi connectivity index (χ0) is 9.80. The van der Waals surface area contributed by atoms with E-state index in [-0.39, 0.29) is 0 Å². The van der Waals surface area contributed by atoms with Crippen LogP contribution < -0.4 is 10.2 Å². The van der Waals surface area contributed by atoms with Gasteiger partial charge < -0.3 is 10.2 Å². The fourth-order valence-corrected chi connectivity index (χ4v) is 3.33. The first kappa shape index (κ1) is 10.3. The molecule has 78 valence electrons. The minimum Gasteiger partial charge on any atom is -0.346 e. The van der Waals surface area contributed by atoms with Crippen LogP contribution >= 0.6 is 23.1 Å². The summed E-state index contributed by atoms with van der Waals surface area (Å²) in [6.07, 6.45) is 1.98. The maximum absolute atomic E-state index is 4.45. The van der Waals surface area contributed by atoms with Gasteiger partial charge in [-0.1, -0.05) is 0 Å². The van der Waals surface area contributed by atoms with E-state index in [9.17, 15) is 0 Å². The SMILES string of the molecule is CNCc1cnc(N2CCSCC2)s1. The molecule has 14 heavy (non-hydrogen) atoms. The molecule has 1 fully saturated rings. The lowest BCUT2D eigenvalue weighted by Crippen LogP contribution is -2.32. The van der Waals surface area contributed by atoms with E-state index in [0.29, 0.717) is 0 Å². The third-order valence-electron chi connectivity index (χ3n) is 2.17. The zero-order valence-corrected chi connectivity index (χ0v) is 9.96. The normalized spacial score (nSPS) is 17.4. The molecule has 5 heteroatoms. The van der Waals surface area contributed by atoms with Crippen LogP contribution in [0.2, 0.25) is 0 Å². The number of thiazole rings is 1. The summed E-state index contributed by atoms with van der Waals surface area (Å²) in [5.74, 6) is 2.47. The van der Waals surface area contributed by atoms with Gasteiger partial charge in [-0.05, 0) is 7.05 Å². The number of rotatable bonds is 3. The number of anilines is 1. The van der Waals surface area contributed by atoms with Crippen molar-refractivity contribution in [1.29, 1.82) is 0 Å². The molecule has 1 N–H and O–H groups in total. The number of aromatic nitrogens is 1. The first-order valence-electron chi connectivity index (χ1n) is 4.82. The van der Waals surface area contributed by atoms with Crippen LogP contribution in [0.25, 0.3) is 0 Å². The van der Waals surface area contributed by atoms with Crippen LogP contribution in [0.5, 0.6) is 0 Å². The molecule has 0 atom stereocenters. The molecule has 1 saturated heterocycles. The molecule has 0 saturated carbocycles. The van der Waals surface area contributed by atoms with E-state index in [2.05, 4.69) is 15.2 Å². The Labute approximate surface area is 92.9 Å². The van der Waals surface area contributed by atoms with E-state index >= 15 is 0 Å². The van der Waals surface area contributed by atoms with Crippen LogP contribution in [0.4, 0.5) is 5.13 Å². The molecular formula is C9H15N3S2. The Morgan fingerprint density at radius 1 is 1.50 bits per heavy atom. The van der Waals surface area contributed by atoms with Gasteiger partial charge in [0, 0.05) is 42.2 Å². The molecule has 0 radical (unpaired) electrons. The van der Waals surface area contributed by atoms with Crippen LogP contribution in [0.1, 0.15) is 4.88 Å². The second kappa shape index (κ2) is 5.00. The van der Waals surface area contributed by atoms with Crippen molar-refractivity contribution in [3.05, 3.63) is 11.1 Å². The van der Waals surface area contributed by atoms with Crippen LogP contribution in [-0.4, -0.2) is 36.6 Å². The summed E-state index contributed by atoms with van der Waals surface area (Å²) in [6, 6.07) is 0. The number of nitrogens with zero attached hydrogens (tertiary/aromatic N) is 2. The summed E-state index contributed by atoms with van der Waals surface area (Å²) in [5, 5.41) is 4.34. The van der Waals surface area contributed by atoms with E-state index in [0.717, 1.165) is 19.6 Å². The van der Waals surface area contributed by atoms with Crippen molar-refractivity contribution in [2.45, 2.75) is 6.54 Å². The van der Waals surface area contributed by atoms with E-state index in [1.807, 2.05) is 36.3 Å². The molecule has 0 amide bonds. The first-order valence-corrected chi connectivity index (χ1v) is 6.79. The minimum absolute atomic E-state index is 0.931. The van der Waals surface area contributed by atoms with Crippen molar-refractivity contribution in [2.24, 2.45) is 0 Å². The summed E-state index contributed by atoms with van der Waals surface area (Å²) in [6.45, 7) is 3.23. The van der Waals surface area contributed by atoms with E-state index in [1.54, 1.807) is 0 Å². The van der Waals surface area contributed by atoms with Crippen molar-refractivity contribution < 1.29 is 0 Å². The summed E-state index contributed by atoms with van der Waals surface area (Å²) in [7, 11) is 1.97. The fraction of sp³-hybridized carbons (Fsp3) is 0.667. The van der Waals surface area contributed by atoms with Gasteiger partial charge in [-0.2, -0.15) is 11.8 Å². The lowest BCUT2D eigenvalue weighted by atomic mass is 10.5. The fourth-order valence-electron chi connectivity index (χ4n) is 1.45. The molecule has 1 aliphatic heterocycles. The van der Waals surface area contributed by atoms with Crippen LogP contribution in [-0.2, 0) is 6.54 Å². The summed E-state index contributed by atoms with van der Waals surface area (Å²) >= 11 is 3.84. The lowest BCUT2D eigenvalue weighted by molar-refractivity contribution is 0.828. The predicted octanol–water partition coefficient (Wildman–Crippen LogP) is 1.42. The van der Waals surface area contributed by atoms with Crippen molar-refractivity contribution in [3.8, 4) is 0 Å². The Kier molecular flexibility index (Phi) is 3.67. The Morgan fingerprint density at radius 3 is 3.00 bits per heavy atom. The van der Waals surface area contributed by atoms with Crippen LogP contribution in [0.3, 0.4) is 0 Å². The van der Waals surface area contributed by atoms with Crippen LogP contribution in [0, 0.1) is 0 Å². The molecule has 1 aromatic heterocycles. The quantitative estimate of drug-likeness (QED) is 0.848. The predicted molar refractivity (Wildman–Crippen MR) is 64.4 cm³/mol. The largest absolute Gasteiger partial charge is 0.346 e. The molecule has 0 spiro atoms. The maximum Gasteiger partial charge on any atom is 0.185 e. The van der Waals surface area contributed by atoms with Gasteiger partial charge in [0.1, 0.15) is 0 Å². The Balaban J connectivity index is 2.00. The monoisotopic (exact) mass is 229 g/mol. The van der Waals surface area contributed by atoms with Gasteiger partial charge in [0.05, 0.1) is 0 Å². The smallest absolute Gasteiger partial charge is 0.185 e. The van der Waals surface area contributed by atoms with Gasteiger partial charge in [0.15, 0.2) is 5.13 Å². The van der Waals surface area contributed by atoms with Gasteiger partial charge in [-0.3, -0.25) is 0 Å². The van der Waals surface area contributed by atoms with Crippen LogP contribution in [0.15, 0.2) is 6.20 Å². The third-order valence-corrected chi connectivity index (χ3v) is 4.17. The van der Waals surface area contributed by atoms with Gasteiger partial charge >= 0.3 is 0 Å². The molecular weight excluding hydrogens is 214 g/mol. The molecule has 1 aliphatic rings. The highest BCUT2D eigenvalue weighted by Crippen LogP contribution is 2.24. The Bertz CT molecular complexity index is 281. The van der Waals surface area contributed by atoms with Crippen molar-refractivity contribution in [1.82, 2.24) is 10.3 Å². The highest BCUT2D eigenvalue weighted by Gasteiger charge is 2.13. The highest BCUT2D eigenvalue weighted by atomic mass is 32.2. The molecule has 0 unspecified atom stereocenters. The first-order chi connectivity index (χ1) is 6.90. The van der Waals surface area contributed by atoms with Crippen molar-refractivity contribution in [2.75, 3.05) is 36.5 Å². The van der Waals surface area contributed by atoms with E-state index < -0.39 is 0 Å². The van der Waals surface area contributed by atoms with Gasteiger partial charge in [0.25, 0.3) is 0 Å². The molecule has 0 bridgehead atoms. The standard InChI is InChI=1S/C9H15N3S2/c1-10-6-8-7-11-9(14-8)12-2-4-13-5-3-12/h7,10H,2-6H2,1H3. The minimum atomic E-state index is 0.931. The topological polar surface area (TPSA) is 28.2 Å². The second-order valence-electron chi connectivity index (χ2n) is 3.24. The Morgan fingerprint density at radius 2 is 2.29 bits per heavy atom. The molecule has 3 nitrogen and oxygen atoms in total. The van der Waals surface area contributed by atoms with Crippen molar-refractivity contribution in [3.63, 3.8) is 0 Å². The number of hydrogen-bond donors (Lipinski definition) is 1. The van der Waals surface area contributed by atoms with Gasteiger partial charge in [-0.25, -0.2) is 4.98 Å². The van der Waals surface area contributed by atoms with Gasteiger partial charge in [0.2, 0.25) is 0 Å². The van der Waals surface area contributed by atoms with Crippen molar-refractivity contribution >= 4 is 28.2 Å². The highest BCUT2D eigenvalue weighted by molar-refractivity contribution is 7.99. The molecule has 0 aromatic carbocycles. The number of nitrogens with one attached hydrogen (secondary N) is 1.